The molecular formula is C14H14BrClN2O. The number of hydrogen-bond donors (Lipinski definition) is 1. The SMILES string of the molecule is CCNc1ccnc(COc2cc(Br)ccc2Cl)c1. The molecule has 0 atom stereocenters. The number of pyridine rings is 1. The zero-order chi connectivity index (χ0) is 13.7. The number of halogens is 2. The van der Waals surface area contributed by atoms with Crippen LogP contribution in [-0.2, 0) is 6.61 Å². The minimum Gasteiger partial charge on any atom is -0.486 e. The van der Waals surface area contributed by atoms with Crippen LogP contribution in [0.1, 0.15) is 12.6 Å². The zero-order valence-corrected chi connectivity index (χ0v) is 12.8. The summed E-state index contributed by atoms with van der Waals surface area (Å²) in [5.74, 6) is 0.645. The number of hydrogen-bond acceptors (Lipinski definition) is 3. The Morgan fingerprint density at radius 3 is 2.95 bits per heavy atom. The normalized spacial score (nSPS) is 10.3. The van der Waals surface area contributed by atoms with Crippen LogP contribution in [0.25, 0.3) is 0 Å². The maximum Gasteiger partial charge on any atom is 0.139 e. The van der Waals surface area contributed by atoms with E-state index in [9.17, 15) is 0 Å². The molecule has 0 bridgehead atoms. The van der Waals surface area contributed by atoms with Gasteiger partial charge in [-0.2, -0.15) is 0 Å². The summed E-state index contributed by atoms with van der Waals surface area (Å²) in [6.45, 7) is 3.31. The Hall–Kier alpha value is -1.26. The van der Waals surface area contributed by atoms with E-state index in [1.165, 1.54) is 0 Å². The van der Waals surface area contributed by atoms with Gasteiger partial charge in [0.2, 0.25) is 0 Å². The molecule has 2 rings (SSSR count). The van der Waals surface area contributed by atoms with E-state index in [4.69, 9.17) is 16.3 Å². The van der Waals surface area contributed by atoms with Gasteiger partial charge in [-0.15, -0.1) is 0 Å². The first kappa shape index (κ1) is 14.2. The number of aromatic nitrogens is 1. The first-order valence-electron chi connectivity index (χ1n) is 5.95. The van der Waals surface area contributed by atoms with Crippen molar-refractivity contribution in [1.82, 2.24) is 4.98 Å². The monoisotopic (exact) mass is 340 g/mol. The van der Waals surface area contributed by atoms with Gasteiger partial charge in [-0.3, -0.25) is 4.98 Å². The van der Waals surface area contributed by atoms with Gasteiger partial charge in [-0.1, -0.05) is 27.5 Å². The summed E-state index contributed by atoms with van der Waals surface area (Å²) in [5, 5.41) is 3.83. The van der Waals surface area contributed by atoms with Gasteiger partial charge in [0.25, 0.3) is 0 Å². The van der Waals surface area contributed by atoms with Crippen molar-refractivity contribution in [1.29, 1.82) is 0 Å². The van der Waals surface area contributed by atoms with E-state index < -0.39 is 0 Å². The first-order valence-corrected chi connectivity index (χ1v) is 7.13. The molecule has 1 heterocycles. The molecule has 19 heavy (non-hydrogen) atoms. The second-order valence-corrected chi connectivity index (χ2v) is 5.25. The topological polar surface area (TPSA) is 34.2 Å². The molecule has 100 valence electrons. The van der Waals surface area contributed by atoms with Crippen LogP contribution in [0, 0.1) is 0 Å². The molecule has 1 N–H and O–H groups in total. The van der Waals surface area contributed by atoms with Gasteiger partial charge < -0.3 is 10.1 Å². The van der Waals surface area contributed by atoms with Gasteiger partial charge in [-0.25, -0.2) is 0 Å². The van der Waals surface area contributed by atoms with Crippen LogP contribution in [0.5, 0.6) is 5.75 Å². The van der Waals surface area contributed by atoms with Crippen LogP contribution < -0.4 is 10.1 Å². The van der Waals surface area contributed by atoms with Crippen LogP contribution in [0.15, 0.2) is 41.0 Å². The van der Waals surface area contributed by atoms with Gasteiger partial charge in [0.1, 0.15) is 12.4 Å². The van der Waals surface area contributed by atoms with Crippen molar-refractivity contribution in [2.75, 3.05) is 11.9 Å². The van der Waals surface area contributed by atoms with E-state index in [2.05, 4.69) is 33.2 Å². The van der Waals surface area contributed by atoms with Gasteiger partial charge in [0.05, 0.1) is 10.7 Å². The lowest BCUT2D eigenvalue weighted by atomic mass is 10.3. The molecule has 0 aliphatic heterocycles. The predicted octanol–water partition coefficient (Wildman–Crippen LogP) is 4.51. The van der Waals surface area contributed by atoms with Crippen LogP contribution in [-0.4, -0.2) is 11.5 Å². The number of ether oxygens (including phenoxy) is 1. The standard InChI is InChI=1S/C14H14BrClN2O/c1-2-17-11-5-6-18-12(8-11)9-19-14-7-10(15)3-4-13(14)16/h3-8H,2,9H2,1H3,(H,17,18). The molecule has 1 aromatic carbocycles. The molecule has 0 amide bonds. The Labute approximate surface area is 126 Å². The minimum absolute atomic E-state index is 0.384. The second kappa shape index (κ2) is 6.78. The van der Waals surface area contributed by atoms with E-state index in [1.807, 2.05) is 24.3 Å². The average Bonchev–Trinajstić information content (AvgIpc) is 2.41. The number of anilines is 1. The third-order valence-electron chi connectivity index (χ3n) is 2.47. The van der Waals surface area contributed by atoms with Gasteiger partial charge >= 0.3 is 0 Å². The summed E-state index contributed by atoms with van der Waals surface area (Å²) in [5.41, 5.74) is 1.89. The number of nitrogens with one attached hydrogen (secondary N) is 1. The number of nitrogens with zero attached hydrogens (tertiary/aromatic N) is 1. The highest BCUT2D eigenvalue weighted by Gasteiger charge is 2.04. The third kappa shape index (κ3) is 4.11. The molecule has 3 nitrogen and oxygen atoms in total. The van der Waals surface area contributed by atoms with Crippen LogP contribution in [0.2, 0.25) is 5.02 Å². The Bertz CT molecular complexity index is 563. The van der Waals surface area contributed by atoms with Crippen molar-refractivity contribution in [3.8, 4) is 5.75 Å². The summed E-state index contributed by atoms with van der Waals surface area (Å²) in [7, 11) is 0. The fraction of sp³-hybridized carbons (Fsp3) is 0.214. The maximum absolute atomic E-state index is 6.06. The summed E-state index contributed by atoms with van der Waals surface area (Å²) in [6.07, 6.45) is 1.76. The first-order chi connectivity index (χ1) is 9.19. The van der Waals surface area contributed by atoms with Crippen molar-refractivity contribution in [2.24, 2.45) is 0 Å². The van der Waals surface area contributed by atoms with Crippen molar-refractivity contribution in [3.05, 3.63) is 51.7 Å². The summed E-state index contributed by atoms with van der Waals surface area (Å²) in [4.78, 5) is 4.27. The summed E-state index contributed by atoms with van der Waals surface area (Å²) in [6, 6.07) is 9.41. The molecule has 0 radical (unpaired) electrons. The van der Waals surface area contributed by atoms with Crippen LogP contribution in [0.3, 0.4) is 0 Å². The quantitative estimate of drug-likeness (QED) is 0.869. The summed E-state index contributed by atoms with van der Waals surface area (Å²) < 4.78 is 6.62. The van der Waals surface area contributed by atoms with Crippen molar-refractivity contribution >= 4 is 33.2 Å². The largest absolute Gasteiger partial charge is 0.486 e. The lowest BCUT2D eigenvalue weighted by Gasteiger charge is -2.09. The Morgan fingerprint density at radius 2 is 2.16 bits per heavy atom. The highest BCUT2D eigenvalue weighted by Crippen LogP contribution is 2.28. The molecule has 1 aromatic heterocycles. The fourth-order valence-electron chi connectivity index (χ4n) is 1.61. The van der Waals surface area contributed by atoms with Crippen LogP contribution in [0.4, 0.5) is 5.69 Å². The van der Waals surface area contributed by atoms with Gasteiger partial charge in [0.15, 0.2) is 0 Å². The maximum atomic E-state index is 6.06. The minimum atomic E-state index is 0.384. The Balaban J connectivity index is 2.05. The fourth-order valence-corrected chi connectivity index (χ4v) is 2.12. The zero-order valence-electron chi connectivity index (χ0n) is 10.5. The van der Waals surface area contributed by atoms with Crippen molar-refractivity contribution in [2.45, 2.75) is 13.5 Å². The number of benzene rings is 1. The van der Waals surface area contributed by atoms with Gasteiger partial charge in [-0.05, 0) is 37.3 Å². The molecule has 2 aromatic rings. The molecule has 5 heteroatoms. The Morgan fingerprint density at radius 1 is 1.32 bits per heavy atom. The second-order valence-electron chi connectivity index (χ2n) is 3.93. The molecule has 0 aliphatic rings. The highest BCUT2D eigenvalue weighted by molar-refractivity contribution is 9.10. The molecular weight excluding hydrogens is 328 g/mol. The third-order valence-corrected chi connectivity index (χ3v) is 3.27. The summed E-state index contributed by atoms with van der Waals surface area (Å²) >= 11 is 9.46. The molecule has 0 unspecified atom stereocenters. The van der Waals surface area contributed by atoms with E-state index in [1.54, 1.807) is 12.3 Å². The van der Waals surface area contributed by atoms with Crippen molar-refractivity contribution in [3.63, 3.8) is 0 Å². The average molecular weight is 342 g/mol. The van der Waals surface area contributed by atoms with Gasteiger partial charge in [0, 0.05) is 22.9 Å². The Kier molecular flexibility index (Phi) is 5.05. The number of rotatable bonds is 5. The molecule has 0 saturated carbocycles. The van der Waals surface area contributed by atoms with E-state index in [-0.39, 0.29) is 0 Å². The molecule has 0 saturated heterocycles. The molecule has 0 fully saturated rings. The highest BCUT2D eigenvalue weighted by atomic mass is 79.9. The molecule has 0 aliphatic carbocycles. The van der Waals surface area contributed by atoms with E-state index in [0.29, 0.717) is 17.4 Å². The smallest absolute Gasteiger partial charge is 0.139 e. The van der Waals surface area contributed by atoms with Crippen molar-refractivity contribution < 1.29 is 4.74 Å². The van der Waals surface area contributed by atoms with Crippen LogP contribution >= 0.6 is 27.5 Å². The molecule has 0 spiro atoms. The van der Waals surface area contributed by atoms with E-state index in [0.717, 1.165) is 22.4 Å². The predicted molar refractivity (Wildman–Crippen MR) is 81.9 cm³/mol. The lowest BCUT2D eigenvalue weighted by molar-refractivity contribution is 0.301. The van der Waals surface area contributed by atoms with E-state index >= 15 is 0 Å². The lowest BCUT2D eigenvalue weighted by Crippen LogP contribution is -2.01.